The monoisotopic (exact) mass is 566 g/mol. The number of benzene rings is 2. The Bertz CT molecular complexity index is 1060. The molecule has 1 saturated carbocycles. The van der Waals surface area contributed by atoms with Crippen molar-refractivity contribution in [1.82, 2.24) is 0 Å². The highest BCUT2D eigenvalue weighted by molar-refractivity contribution is 7.73. The Morgan fingerprint density at radius 3 is 1.68 bits per heavy atom. The SMILES string of the molecule is C=C1/C(=C\CP(c2ccccc2)c2ccccc2)C[C@@H](O[Si](C)(C)C(C)(C)C)C[C@@H]1O[Si](C)(C)C(C)(C)C. The molecule has 0 saturated heterocycles. The van der Waals surface area contributed by atoms with Gasteiger partial charge in [0.2, 0.25) is 0 Å². The lowest BCUT2D eigenvalue weighted by molar-refractivity contribution is 0.0969. The van der Waals surface area contributed by atoms with Crippen LogP contribution < -0.4 is 10.6 Å². The lowest BCUT2D eigenvalue weighted by atomic mass is 9.86. The summed E-state index contributed by atoms with van der Waals surface area (Å²) >= 11 is 0. The zero-order valence-electron chi connectivity index (χ0n) is 25.6. The van der Waals surface area contributed by atoms with Crippen molar-refractivity contribution in [3.8, 4) is 0 Å². The second-order valence-electron chi connectivity index (χ2n) is 13.8. The molecule has 5 heteroatoms. The average Bonchev–Trinajstić information content (AvgIpc) is 2.81. The maximum absolute atomic E-state index is 7.03. The Labute approximate surface area is 237 Å². The largest absolute Gasteiger partial charge is 0.413 e. The molecule has 208 valence electrons. The summed E-state index contributed by atoms with van der Waals surface area (Å²) in [5.41, 5.74) is 2.50. The van der Waals surface area contributed by atoms with Crippen LogP contribution in [-0.4, -0.2) is 35.0 Å². The summed E-state index contributed by atoms with van der Waals surface area (Å²) in [5, 5.41) is 3.15. The van der Waals surface area contributed by atoms with E-state index >= 15 is 0 Å². The summed E-state index contributed by atoms with van der Waals surface area (Å²) in [6, 6.07) is 22.0. The third-order valence-electron chi connectivity index (χ3n) is 8.89. The molecule has 1 fully saturated rings. The highest BCUT2D eigenvalue weighted by Crippen LogP contribution is 2.44. The van der Waals surface area contributed by atoms with E-state index in [1.165, 1.54) is 21.8 Å². The molecular weight excluding hydrogens is 516 g/mol. The van der Waals surface area contributed by atoms with Crippen molar-refractivity contribution in [2.24, 2.45) is 0 Å². The predicted molar refractivity (Wildman–Crippen MR) is 175 cm³/mol. The zero-order chi connectivity index (χ0) is 28.4. The maximum atomic E-state index is 7.03. The van der Waals surface area contributed by atoms with Gasteiger partial charge in [-0.25, -0.2) is 0 Å². The zero-order valence-corrected chi connectivity index (χ0v) is 28.5. The van der Waals surface area contributed by atoms with E-state index in [1.807, 2.05) is 0 Å². The minimum Gasteiger partial charge on any atom is -0.413 e. The molecule has 0 bridgehead atoms. The van der Waals surface area contributed by atoms with Gasteiger partial charge in [-0.3, -0.25) is 0 Å². The van der Waals surface area contributed by atoms with Gasteiger partial charge in [0.05, 0.1) is 12.2 Å². The van der Waals surface area contributed by atoms with Gasteiger partial charge in [0.1, 0.15) is 0 Å². The fourth-order valence-corrected chi connectivity index (χ4v) is 9.23. The van der Waals surface area contributed by atoms with Gasteiger partial charge >= 0.3 is 0 Å². The van der Waals surface area contributed by atoms with Crippen molar-refractivity contribution < 1.29 is 8.85 Å². The summed E-state index contributed by atoms with van der Waals surface area (Å²) in [6.07, 6.45) is 5.48. The topological polar surface area (TPSA) is 18.5 Å². The molecule has 0 amide bonds. The fraction of sp³-hybridized carbons (Fsp3) is 0.515. The summed E-state index contributed by atoms with van der Waals surface area (Å²) in [7, 11) is -4.38. The second-order valence-corrected chi connectivity index (χ2v) is 25.6. The first kappa shape index (κ1) is 31.2. The maximum Gasteiger partial charge on any atom is 0.192 e. The molecule has 0 unspecified atom stereocenters. The first-order valence-corrected chi connectivity index (χ1v) is 21.5. The quantitative estimate of drug-likeness (QED) is 0.234. The average molecular weight is 567 g/mol. The first-order chi connectivity index (χ1) is 17.5. The van der Waals surface area contributed by atoms with Gasteiger partial charge < -0.3 is 8.85 Å². The van der Waals surface area contributed by atoms with Crippen molar-refractivity contribution in [2.75, 3.05) is 6.16 Å². The van der Waals surface area contributed by atoms with Crippen molar-refractivity contribution in [2.45, 2.75) is 103 Å². The minimum absolute atomic E-state index is 0.0188. The molecule has 3 rings (SSSR count). The number of hydrogen-bond acceptors (Lipinski definition) is 2. The van der Waals surface area contributed by atoms with E-state index in [0.29, 0.717) is 0 Å². The van der Waals surface area contributed by atoms with Gasteiger partial charge in [0, 0.05) is 6.42 Å². The van der Waals surface area contributed by atoms with Crippen LogP contribution in [-0.2, 0) is 8.85 Å². The van der Waals surface area contributed by atoms with Gasteiger partial charge in [-0.1, -0.05) is 115 Å². The first-order valence-electron chi connectivity index (χ1n) is 14.1. The smallest absolute Gasteiger partial charge is 0.192 e. The van der Waals surface area contributed by atoms with E-state index in [2.05, 4.69) is 141 Å². The number of rotatable bonds is 8. The molecule has 2 aromatic carbocycles. The number of allylic oxidation sites excluding steroid dienone is 1. The van der Waals surface area contributed by atoms with Crippen molar-refractivity contribution >= 4 is 35.2 Å². The van der Waals surface area contributed by atoms with Crippen LogP contribution in [0.15, 0.2) is 84.5 Å². The van der Waals surface area contributed by atoms with E-state index in [0.717, 1.165) is 19.0 Å². The summed E-state index contributed by atoms with van der Waals surface area (Å²) < 4.78 is 14.1. The van der Waals surface area contributed by atoms with Crippen molar-refractivity contribution in [3.63, 3.8) is 0 Å². The predicted octanol–water partition coefficient (Wildman–Crippen LogP) is 9.18. The summed E-state index contributed by atoms with van der Waals surface area (Å²) in [5.74, 6) is 0. The van der Waals surface area contributed by atoms with Gasteiger partial charge in [-0.05, 0) is 78.5 Å². The molecule has 0 aliphatic heterocycles. The molecule has 0 aromatic heterocycles. The van der Waals surface area contributed by atoms with E-state index in [4.69, 9.17) is 8.85 Å². The lowest BCUT2D eigenvalue weighted by Gasteiger charge is -2.45. The van der Waals surface area contributed by atoms with Gasteiger partial charge in [-0.2, -0.15) is 0 Å². The minimum atomic E-state index is -1.97. The van der Waals surface area contributed by atoms with Crippen LogP contribution in [0.2, 0.25) is 36.3 Å². The van der Waals surface area contributed by atoms with Crippen molar-refractivity contribution in [1.29, 1.82) is 0 Å². The molecule has 0 heterocycles. The molecule has 1 aliphatic rings. The normalized spacial score (nSPS) is 20.8. The molecular formula is C33H51O2PSi2. The van der Waals surface area contributed by atoms with E-state index in [1.54, 1.807) is 0 Å². The Kier molecular flexibility index (Phi) is 9.92. The van der Waals surface area contributed by atoms with Crippen LogP contribution in [0.25, 0.3) is 0 Å². The molecule has 38 heavy (non-hydrogen) atoms. The molecule has 0 N–H and O–H groups in total. The van der Waals surface area contributed by atoms with Crippen LogP contribution >= 0.6 is 7.92 Å². The Morgan fingerprint density at radius 1 is 0.789 bits per heavy atom. The van der Waals surface area contributed by atoms with E-state index in [9.17, 15) is 0 Å². The standard InChI is InChI=1S/C33H51O2PSi2/c1-26-27(22-23-36(29-18-14-12-15-19-29)30-20-16-13-17-21-30)24-28(34-37(8,9)32(2,3)4)25-31(26)35-38(10,11)33(5,6)7/h12-22,28,31H,1,23-25H2,2-11H3/b27-22-/t28-,31+/m1/s1. The van der Waals surface area contributed by atoms with Gasteiger partial charge in [-0.15, -0.1) is 0 Å². The molecule has 0 radical (unpaired) electrons. The molecule has 2 aromatic rings. The Morgan fingerprint density at radius 2 is 1.24 bits per heavy atom. The Balaban J connectivity index is 1.95. The van der Waals surface area contributed by atoms with E-state index < -0.39 is 24.6 Å². The highest BCUT2D eigenvalue weighted by atomic mass is 31.1. The molecule has 1 aliphatic carbocycles. The summed E-state index contributed by atoms with van der Waals surface area (Å²) in [4.78, 5) is 0. The molecule has 2 nitrogen and oxygen atoms in total. The van der Waals surface area contributed by atoms with Crippen molar-refractivity contribution in [3.05, 3.63) is 84.5 Å². The summed E-state index contributed by atoms with van der Waals surface area (Å²) in [6.45, 7) is 28.0. The van der Waals surface area contributed by atoms with Crippen LogP contribution in [0.3, 0.4) is 0 Å². The molecule has 0 spiro atoms. The van der Waals surface area contributed by atoms with Crippen LogP contribution in [0.1, 0.15) is 54.4 Å². The van der Waals surface area contributed by atoms with Gasteiger partial charge in [0.25, 0.3) is 0 Å². The van der Waals surface area contributed by atoms with Crippen LogP contribution in [0.5, 0.6) is 0 Å². The third-order valence-corrected chi connectivity index (χ3v) is 20.3. The fourth-order valence-electron chi connectivity index (χ4n) is 4.37. The van der Waals surface area contributed by atoms with Gasteiger partial charge in [0.15, 0.2) is 16.6 Å². The van der Waals surface area contributed by atoms with E-state index in [-0.39, 0.29) is 22.3 Å². The second kappa shape index (κ2) is 12.1. The molecule has 2 atom stereocenters. The number of hydrogen-bond donors (Lipinski definition) is 0. The van der Waals surface area contributed by atoms with Crippen LogP contribution in [0, 0.1) is 0 Å². The van der Waals surface area contributed by atoms with Crippen LogP contribution in [0.4, 0.5) is 0 Å². The highest BCUT2D eigenvalue weighted by Gasteiger charge is 2.44. The Hall–Kier alpha value is -1.30. The lowest BCUT2D eigenvalue weighted by Crippen LogP contribution is -2.49. The third kappa shape index (κ3) is 7.67.